The summed E-state index contributed by atoms with van der Waals surface area (Å²) in [5.74, 6) is -0.658. The lowest BCUT2D eigenvalue weighted by molar-refractivity contribution is -0.143. The molecule has 8 heteroatoms. The number of ether oxygens (including phenoxy) is 2. The van der Waals surface area contributed by atoms with E-state index in [0.717, 1.165) is 0 Å². The van der Waals surface area contributed by atoms with Crippen molar-refractivity contribution in [3.8, 4) is 12.1 Å². The summed E-state index contributed by atoms with van der Waals surface area (Å²) in [5.41, 5.74) is -2.92. The molecule has 2 aromatic carbocycles. The number of fused-ring (bicyclic) bond motifs is 2. The molecule has 26 heavy (non-hydrogen) atoms. The van der Waals surface area contributed by atoms with E-state index in [1.54, 1.807) is 36.4 Å². The molecule has 0 aromatic heterocycles. The Bertz CT molecular complexity index is 996. The number of rotatable bonds is 1. The maximum absolute atomic E-state index is 12.8. The molecule has 1 fully saturated rings. The van der Waals surface area contributed by atoms with Gasteiger partial charge in [0.25, 0.3) is 11.5 Å². The SMILES string of the molecule is N#CC1(C#N)O[C@@H](c2ccc(Cl)cc2)O[C@]12C(=O)Nc1ccc(Cl)cc12. The number of hydrogen-bond donors (Lipinski definition) is 1. The van der Waals surface area contributed by atoms with E-state index in [1.807, 2.05) is 12.1 Å². The van der Waals surface area contributed by atoms with Crippen LogP contribution in [0.25, 0.3) is 0 Å². The van der Waals surface area contributed by atoms with Crippen LogP contribution < -0.4 is 5.32 Å². The maximum atomic E-state index is 12.8. The van der Waals surface area contributed by atoms with E-state index in [2.05, 4.69) is 5.32 Å². The van der Waals surface area contributed by atoms with Crippen LogP contribution in [0.4, 0.5) is 5.69 Å². The molecular weight excluding hydrogens is 377 g/mol. The van der Waals surface area contributed by atoms with Crippen LogP contribution in [0.3, 0.4) is 0 Å². The third-order valence-electron chi connectivity index (χ3n) is 4.45. The zero-order valence-corrected chi connectivity index (χ0v) is 14.5. The number of anilines is 1. The molecule has 2 heterocycles. The molecular formula is C18H9Cl2N3O3. The largest absolute Gasteiger partial charge is 0.323 e. The van der Waals surface area contributed by atoms with Crippen molar-refractivity contribution in [1.82, 2.24) is 0 Å². The zero-order chi connectivity index (χ0) is 18.5. The molecule has 0 radical (unpaired) electrons. The van der Waals surface area contributed by atoms with Crippen LogP contribution in [-0.4, -0.2) is 11.5 Å². The van der Waals surface area contributed by atoms with Crippen LogP contribution in [-0.2, 0) is 19.9 Å². The van der Waals surface area contributed by atoms with Crippen molar-refractivity contribution < 1.29 is 14.3 Å². The van der Waals surface area contributed by atoms with Gasteiger partial charge in [0.2, 0.25) is 5.60 Å². The summed E-state index contributed by atoms with van der Waals surface area (Å²) in [4.78, 5) is 12.8. The number of nitriles is 2. The highest BCUT2D eigenvalue weighted by Gasteiger charge is 2.71. The molecule has 0 bridgehead atoms. The lowest BCUT2D eigenvalue weighted by atomic mass is 9.80. The summed E-state index contributed by atoms with van der Waals surface area (Å²) < 4.78 is 11.6. The minimum atomic E-state index is -2.18. The lowest BCUT2D eigenvalue weighted by Crippen LogP contribution is -2.52. The fraction of sp³-hybridized carbons (Fsp3) is 0.167. The maximum Gasteiger partial charge on any atom is 0.286 e. The van der Waals surface area contributed by atoms with Gasteiger partial charge < -0.3 is 14.8 Å². The topological polar surface area (TPSA) is 95.1 Å². The molecule has 1 saturated heterocycles. The fourth-order valence-electron chi connectivity index (χ4n) is 3.22. The third-order valence-corrected chi connectivity index (χ3v) is 4.94. The molecule has 6 nitrogen and oxygen atoms in total. The smallest absolute Gasteiger partial charge is 0.286 e. The van der Waals surface area contributed by atoms with Crippen molar-refractivity contribution in [2.45, 2.75) is 17.5 Å². The molecule has 1 spiro atoms. The molecule has 128 valence electrons. The Balaban J connectivity index is 1.91. The van der Waals surface area contributed by atoms with Crippen LogP contribution >= 0.6 is 23.2 Å². The second kappa shape index (κ2) is 5.70. The quantitative estimate of drug-likeness (QED) is 0.807. The standard InChI is InChI=1S/C18H9Cl2N3O3/c19-11-3-1-10(2-4-11)15-25-17(8-21,9-22)18(26-15)13-7-12(20)5-6-14(13)23-16(18)24/h1-7,15H,(H,23,24)/t15-,18-/m1/s1. The molecule has 0 unspecified atom stereocenters. The average molecular weight is 386 g/mol. The van der Waals surface area contributed by atoms with E-state index in [-0.39, 0.29) is 5.56 Å². The highest BCUT2D eigenvalue weighted by atomic mass is 35.5. The number of nitrogens with one attached hydrogen (secondary N) is 1. The molecule has 4 rings (SSSR count). The van der Waals surface area contributed by atoms with E-state index >= 15 is 0 Å². The molecule has 2 aliphatic rings. The monoisotopic (exact) mass is 385 g/mol. The van der Waals surface area contributed by atoms with Crippen molar-refractivity contribution >= 4 is 34.8 Å². The van der Waals surface area contributed by atoms with Gasteiger partial charge in [-0.1, -0.05) is 35.3 Å². The van der Waals surface area contributed by atoms with Gasteiger partial charge in [-0.15, -0.1) is 0 Å². The molecule has 1 amide bonds. The first-order valence-electron chi connectivity index (χ1n) is 7.51. The molecule has 0 aliphatic carbocycles. The fourth-order valence-corrected chi connectivity index (χ4v) is 3.52. The van der Waals surface area contributed by atoms with Crippen LogP contribution in [0.15, 0.2) is 42.5 Å². The van der Waals surface area contributed by atoms with E-state index in [4.69, 9.17) is 32.7 Å². The predicted molar refractivity (Wildman–Crippen MR) is 92.1 cm³/mol. The average Bonchev–Trinajstić information content (AvgIpc) is 3.13. The lowest BCUT2D eigenvalue weighted by Gasteiger charge is -2.27. The van der Waals surface area contributed by atoms with Crippen LogP contribution in [0.1, 0.15) is 17.4 Å². The van der Waals surface area contributed by atoms with E-state index in [0.29, 0.717) is 21.3 Å². The highest BCUT2D eigenvalue weighted by Crippen LogP contribution is 2.56. The summed E-state index contributed by atoms with van der Waals surface area (Å²) in [6.07, 6.45) is -1.11. The molecule has 2 aromatic rings. The van der Waals surface area contributed by atoms with Crippen molar-refractivity contribution in [2.24, 2.45) is 0 Å². The Morgan fingerprint density at radius 3 is 2.31 bits per heavy atom. The number of halogens is 2. The highest BCUT2D eigenvalue weighted by molar-refractivity contribution is 6.31. The van der Waals surface area contributed by atoms with E-state index in [1.165, 1.54) is 6.07 Å². The number of amides is 1. The van der Waals surface area contributed by atoms with E-state index in [9.17, 15) is 15.3 Å². The summed E-state index contributed by atoms with van der Waals surface area (Å²) in [6.45, 7) is 0. The van der Waals surface area contributed by atoms with Crippen molar-refractivity contribution in [3.63, 3.8) is 0 Å². The predicted octanol–water partition coefficient (Wildman–Crippen LogP) is 3.67. The van der Waals surface area contributed by atoms with Crippen molar-refractivity contribution in [3.05, 3.63) is 63.6 Å². The van der Waals surface area contributed by atoms with Gasteiger partial charge in [-0.05, 0) is 30.3 Å². The molecule has 2 atom stereocenters. The molecule has 1 N–H and O–H groups in total. The van der Waals surface area contributed by atoms with Gasteiger partial charge in [0.1, 0.15) is 12.1 Å². The first kappa shape index (κ1) is 16.8. The first-order valence-corrected chi connectivity index (χ1v) is 8.26. The van der Waals surface area contributed by atoms with E-state index < -0.39 is 23.4 Å². The Morgan fingerprint density at radius 1 is 1.00 bits per heavy atom. The second-order valence-electron chi connectivity index (χ2n) is 5.85. The molecule has 0 saturated carbocycles. The number of benzene rings is 2. The zero-order valence-electron chi connectivity index (χ0n) is 13.0. The summed E-state index contributed by atoms with van der Waals surface area (Å²) in [6, 6.07) is 14.8. The Hall–Kier alpha value is -2.61. The third kappa shape index (κ3) is 2.08. The Morgan fingerprint density at radius 2 is 1.65 bits per heavy atom. The van der Waals surface area contributed by atoms with Gasteiger partial charge in [-0.2, -0.15) is 10.5 Å². The normalized spacial score (nSPS) is 25.4. The minimum Gasteiger partial charge on any atom is -0.323 e. The van der Waals surface area contributed by atoms with Gasteiger partial charge in [0, 0.05) is 26.9 Å². The van der Waals surface area contributed by atoms with Crippen LogP contribution in [0, 0.1) is 22.7 Å². The number of carbonyl (C=O) groups excluding carboxylic acids is 1. The van der Waals surface area contributed by atoms with Crippen molar-refractivity contribution in [2.75, 3.05) is 5.32 Å². The molecule has 2 aliphatic heterocycles. The van der Waals surface area contributed by atoms with Crippen molar-refractivity contribution in [1.29, 1.82) is 10.5 Å². The summed E-state index contributed by atoms with van der Waals surface area (Å²) in [5, 5.41) is 23.0. The van der Waals surface area contributed by atoms with Crippen LogP contribution in [0.5, 0.6) is 0 Å². The van der Waals surface area contributed by atoms with Gasteiger partial charge in [0.05, 0.1) is 0 Å². The first-order chi connectivity index (χ1) is 12.5. The Labute approximate surface area is 158 Å². The van der Waals surface area contributed by atoms with Crippen LogP contribution in [0.2, 0.25) is 10.0 Å². The summed E-state index contributed by atoms with van der Waals surface area (Å²) in [7, 11) is 0. The number of carbonyl (C=O) groups is 1. The Kier molecular flexibility index (Phi) is 3.69. The van der Waals surface area contributed by atoms with Gasteiger partial charge in [0.15, 0.2) is 6.29 Å². The summed E-state index contributed by atoms with van der Waals surface area (Å²) >= 11 is 12.0. The van der Waals surface area contributed by atoms with Gasteiger partial charge >= 0.3 is 0 Å². The number of nitrogens with zero attached hydrogens (tertiary/aromatic N) is 2. The minimum absolute atomic E-state index is 0.287. The second-order valence-corrected chi connectivity index (χ2v) is 6.72. The van der Waals surface area contributed by atoms with Gasteiger partial charge in [-0.3, -0.25) is 4.79 Å². The van der Waals surface area contributed by atoms with Gasteiger partial charge in [-0.25, -0.2) is 0 Å². The number of hydrogen-bond acceptors (Lipinski definition) is 5.